The molecule has 1 heterocycles. The van der Waals surface area contributed by atoms with Crippen molar-refractivity contribution in [3.8, 4) is 0 Å². The van der Waals surface area contributed by atoms with E-state index in [4.69, 9.17) is 0 Å². The fourth-order valence-electron chi connectivity index (χ4n) is 1.95. The molecular formula is C11H23N3O. The van der Waals surface area contributed by atoms with Crippen LogP contribution in [0, 0.1) is 0 Å². The number of rotatable bonds is 6. The van der Waals surface area contributed by atoms with Gasteiger partial charge in [0.1, 0.15) is 0 Å². The zero-order valence-corrected chi connectivity index (χ0v) is 9.88. The van der Waals surface area contributed by atoms with Gasteiger partial charge in [-0.3, -0.25) is 4.79 Å². The second kappa shape index (κ2) is 6.80. The number of nitrogens with zero attached hydrogens (tertiary/aromatic N) is 1. The molecule has 0 aromatic rings. The van der Waals surface area contributed by atoms with Gasteiger partial charge < -0.3 is 15.5 Å². The maximum absolute atomic E-state index is 11.6. The normalized spacial score (nSPS) is 20.5. The van der Waals surface area contributed by atoms with E-state index in [-0.39, 0.29) is 5.91 Å². The maximum atomic E-state index is 11.6. The van der Waals surface area contributed by atoms with E-state index >= 15 is 0 Å². The lowest BCUT2D eigenvalue weighted by molar-refractivity contribution is -0.130. The van der Waals surface area contributed by atoms with Gasteiger partial charge in [-0.05, 0) is 26.8 Å². The summed E-state index contributed by atoms with van der Waals surface area (Å²) >= 11 is 0. The van der Waals surface area contributed by atoms with E-state index in [0.29, 0.717) is 12.5 Å². The van der Waals surface area contributed by atoms with Gasteiger partial charge in [-0.15, -0.1) is 0 Å². The number of carbonyl (C=O) groups excluding carboxylic acids is 1. The highest BCUT2D eigenvalue weighted by atomic mass is 16.2. The zero-order valence-electron chi connectivity index (χ0n) is 9.88. The van der Waals surface area contributed by atoms with Crippen molar-refractivity contribution in [3.63, 3.8) is 0 Å². The molecule has 0 aromatic heterocycles. The summed E-state index contributed by atoms with van der Waals surface area (Å²) < 4.78 is 0. The molecule has 0 aromatic carbocycles. The van der Waals surface area contributed by atoms with Crippen LogP contribution >= 0.6 is 0 Å². The molecule has 1 aliphatic rings. The lowest BCUT2D eigenvalue weighted by Gasteiger charge is -2.19. The van der Waals surface area contributed by atoms with E-state index in [9.17, 15) is 4.79 Å². The molecule has 0 aliphatic carbocycles. The molecule has 88 valence electrons. The highest BCUT2D eigenvalue weighted by Crippen LogP contribution is 1.98. The first-order chi connectivity index (χ1) is 7.27. The Labute approximate surface area is 92.4 Å². The molecule has 0 bridgehead atoms. The van der Waals surface area contributed by atoms with Crippen LogP contribution in [0.4, 0.5) is 0 Å². The van der Waals surface area contributed by atoms with Crippen LogP contribution in [0.1, 0.15) is 26.7 Å². The number of hydrogen-bond acceptors (Lipinski definition) is 3. The summed E-state index contributed by atoms with van der Waals surface area (Å²) in [5.74, 6) is 0.262. The molecule has 1 saturated heterocycles. The first-order valence-corrected chi connectivity index (χ1v) is 5.99. The average Bonchev–Trinajstić information content (AvgIpc) is 2.72. The van der Waals surface area contributed by atoms with Gasteiger partial charge in [-0.25, -0.2) is 0 Å². The Hall–Kier alpha value is -0.610. The molecule has 1 amide bonds. The van der Waals surface area contributed by atoms with Crippen LogP contribution in [0.2, 0.25) is 0 Å². The second-order valence-electron chi connectivity index (χ2n) is 3.96. The van der Waals surface area contributed by atoms with Gasteiger partial charge in [0.15, 0.2) is 0 Å². The van der Waals surface area contributed by atoms with Crippen molar-refractivity contribution in [1.29, 1.82) is 0 Å². The summed E-state index contributed by atoms with van der Waals surface area (Å²) in [5, 5.41) is 6.70. The summed E-state index contributed by atoms with van der Waals surface area (Å²) in [6, 6.07) is 0.564. The Morgan fingerprint density at radius 3 is 2.73 bits per heavy atom. The summed E-state index contributed by atoms with van der Waals surface area (Å²) in [4.78, 5) is 13.5. The smallest absolute Gasteiger partial charge is 0.223 e. The summed E-state index contributed by atoms with van der Waals surface area (Å²) in [6.07, 6.45) is 1.80. The Balaban J connectivity index is 2.10. The zero-order chi connectivity index (χ0) is 11.1. The minimum atomic E-state index is 0.262. The third kappa shape index (κ3) is 4.18. The van der Waals surface area contributed by atoms with E-state index in [1.807, 2.05) is 18.7 Å². The lowest BCUT2D eigenvalue weighted by atomic mass is 10.2. The number of nitrogens with one attached hydrogen (secondary N) is 2. The van der Waals surface area contributed by atoms with Crippen LogP contribution in [-0.4, -0.2) is 49.6 Å². The number of carbonyl (C=O) groups is 1. The van der Waals surface area contributed by atoms with Crippen molar-refractivity contribution in [2.24, 2.45) is 0 Å². The van der Waals surface area contributed by atoms with Crippen molar-refractivity contribution >= 4 is 5.91 Å². The van der Waals surface area contributed by atoms with Crippen molar-refractivity contribution in [2.75, 3.05) is 32.7 Å². The quantitative estimate of drug-likeness (QED) is 0.662. The molecule has 0 radical (unpaired) electrons. The minimum Gasteiger partial charge on any atom is -0.343 e. The molecule has 0 saturated carbocycles. The van der Waals surface area contributed by atoms with Crippen LogP contribution in [0.15, 0.2) is 0 Å². The Morgan fingerprint density at radius 2 is 2.20 bits per heavy atom. The Morgan fingerprint density at radius 1 is 1.47 bits per heavy atom. The largest absolute Gasteiger partial charge is 0.343 e. The van der Waals surface area contributed by atoms with Gasteiger partial charge in [0.05, 0.1) is 0 Å². The summed E-state index contributed by atoms with van der Waals surface area (Å²) in [6.45, 7) is 8.63. The summed E-state index contributed by atoms with van der Waals surface area (Å²) in [7, 11) is 0. The second-order valence-corrected chi connectivity index (χ2v) is 3.96. The Kier molecular flexibility index (Phi) is 5.65. The lowest BCUT2D eigenvalue weighted by Crippen LogP contribution is -2.36. The van der Waals surface area contributed by atoms with E-state index in [1.165, 1.54) is 6.42 Å². The van der Waals surface area contributed by atoms with Gasteiger partial charge in [0.2, 0.25) is 5.91 Å². The first kappa shape index (κ1) is 12.5. The number of amides is 1. The predicted molar refractivity (Wildman–Crippen MR) is 61.8 cm³/mol. The van der Waals surface area contributed by atoms with Crippen molar-refractivity contribution in [1.82, 2.24) is 15.5 Å². The SMILES string of the molecule is CCN(CC)C(=O)CCNC1CCNC1. The van der Waals surface area contributed by atoms with E-state index in [0.717, 1.165) is 32.7 Å². The molecule has 1 atom stereocenters. The van der Waals surface area contributed by atoms with E-state index < -0.39 is 0 Å². The van der Waals surface area contributed by atoms with Gasteiger partial charge in [0.25, 0.3) is 0 Å². The predicted octanol–water partition coefficient (Wildman–Crippen LogP) is 0.196. The highest BCUT2D eigenvalue weighted by Gasteiger charge is 2.14. The monoisotopic (exact) mass is 213 g/mol. The third-order valence-corrected chi connectivity index (χ3v) is 2.95. The summed E-state index contributed by atoms with van der Waals surface area (Å²) in [5.41, 5.74) is 0. The molecule has 15 heavy (non-hydrogen) atoms. The Bertz CT molecular complexity index is 186. The standard InChI is InChI=1S/C11H23N3O/c1-3-14(4-2)11(15)6-8-13-10-5-7-12-9-10/h10,12-13H,3-9H2,1-2H3. The average molecular weight is 213 g/mol. The number of hydrogen-bond donors (Lipinski definition) is 2. The van der Waals surface area contributed by atoms with Crippen LogP contribution in [0.25, 0.3) is 0 Å². The van der Waals surface area contributed by atoms with Crippen LogP contribution in [-0.2, 0) is 4.79 Å². The van der Waals surface area contributed by atoms with E-state index in [2.05, 4.69) is 10.6 Å². The van der Waals surface area contributed by atoms with Crippen molar-refractivity contribution in [2.45, 2.75) is 32.7 Å². The molecule has 1 aliphatic heterocycles. The van der Waals surface area contributed by atoms with Gasteiger partial charge in [0, 0.05) is 38.6 Å². The maximum Gasteiger partial charge on any atom is 0.223 e. The van der Waals surface area contributed by atoms with E-state index in [1.54, 1.807) is 0 Å². The topological polar surface area (TPSA) is 44.4 Å². The molecule has 1 fully saturated rings. The molecule has 1 unspecified atom stereocenters. The van der Waals surface area contributed by atoms with Gasteiger partial charge >= 0.3 is 0 Å². The fourth-order valence-corrected chi connectivity index (χ4v) is 1.95. The van der Waals surface area contributed by atoms with Crippen LogP contribution in [0.5, 0.6) is 0 Å². The van der Waals surface area contributed by atoms with Crippen LogP contribution < -0.4 is 10.6 Å². The van der Waals surface area contributed by atoms with Gasteiger partial charge in [-0.2, -0.15) is 0 Å². The molecule has 0 spiro atoms. The molecule has 1 rings (SSSR count). The molecular weight excluding hydrogens is 190 g/mol. The molecule has 4 nitrogen and oxygen atoms in total. The third-order valence-electron chi connectivity index (χ3n) is 2.95. The first-order valence-electron chi connectivity index (χ1n) is 5.99. The molecule has 4 heteroatoms. The highest BCUT2D eigenvalue weighted by molar-refractivity contribution is 5.76. The van der Waals surface area contributed by atoms with Gasteiger partial charge in [-0.1, -0.05) is 0 Å². The fraction of sp³-hybridized carbons (Fsp3) is 0.909. The molecule has 2 N–H and O–H groups in total. The minimum absolute atomic E-state index is 0.262. The van der Waals surface area contributed by atoms with Crippen molar-refractivity contribution in [3.05, 3.63) is 0 Å². The van der Waals surface area contributed by atoms with Crippen molar-refractivity contribution < 1.29 is 4.79 Å². The van der Waals surface area contributed by atoms with Crippen LogP contribution in [0.3, 0.4) is 0 Å².